The van der Waals surface area contributed by atoms with Gasteiger partial charge in [-0.25, -0.2) is 0 Å². The smallest absolute Gasteiger partial charge is 0.313 e. The van der Waals surface area contributed by atoms with E-state index in [0.717, 1.165) is 12.8 Å². The number of hydrogen-bond acceptors (Lipinski definition) is 7. The van der Waals surface area contributed by atoms with Gasteiger partial charge in [0.2, 0.25) is 17.7 Å². The van der Waals surface area contributed by atoms with Crippen LogP contribution in [0.25, 0.3) is 0 Å². The molecule has 246 valence electrons. The minimum absolute atomic E-state index is 0.189. The molecule has 2 bridgehead atoms. The van der Waals surface area contributed by atoms with Crippen molar-refractivity contribution in [1.82, 2.24) is 15.1 Å². The van der Waals surface area contributed by atoms with Crippen LogP contribution in [-0.2, 0) is 28.7 Å². The predicted molar refractivity (Wildman–Crippen MR) is 170 cm³/mol. The number of rotatable bonds is 17. The number of fused-ring (bicyclic) bond motifs is 1. The maximum absolute atomic E-state index is 14.4. The van der Waals surface area contributed by atoms with Crippen LogP contribution in [-0.4, -0.2) is 88.1 Å². The highest BCUT2D eigenvalue weighted by Gasteiger charge is 2.75. The number of aliphatic hydroxyl groups excluding tert-OH is 1. The number of carbonyl (C=O) groups is 4. The first-order chi connectivity index (χ1) is 21.7. The number of amides is 3. The minimum atomic E-state index is -1.20. The van der Waals surface area contributed by atoms with Crippen LogP contribution in [0, 0.1) is 11.8 Å². The number of carbonyl (C=O) groups excluding carboxylic acids is 4. The average Bonchev–Trinajstić information content (AvgIpc) is 3.69. The number of nitrogens with one attached hydrogen (secondary N) is 1. The third-order valence-electron chi connectivity index (χ3n) is 9.55. The summed E-state index contributed by atoms with van der Waals surface area (Å²) < 4.78 is 12.8. The number of esters is 1. The molecule has 0 aromatic heterocycles. The van der Waals surface area contributed by atoms with Gasteiger partial charge in [0.25, 0.3) is 0 Å². The summed E-state index contributed by atoms with van der Waals surface area (Å²) in [7, 11) is 0. The van der Waals surface area contributed by atoms with Gasteiger partial charge in [-0.15, -0.1) is 13.2 Å². The Bertz CT molecular complexity index is 1230. The van der Waals surface area contributed by atoms with Gasteiger partial charge in [0.15, 0.2) is 0 Å². The SMILES string of the molecule is C=CCCC(=O)N[C@H](C)[C@@H](OC(=O)[C@@H]1[C@H]2C(=O)N([C@@H](CC)CO)[C@H](C(=O)N(CC=C)CCCC)[C@]23CC[C@H]1O3)c1ccccc1. The van der Waals surface area contributed by atoms with E-state index in [9.17, 15) is 24.3 Å². The molecular formula is C35H49N3O7. The second-order valence-electron chi connectivity index (χ2n) is 12.4. The normalized spacial score (nSPS) is 26.9. The molecule has 0 aliphatic carbocycles. The molecule has 0 saturated carbocycles. The van der Waals surface area contributed by atoms with Crippen LogP contribution >= 0.6 is 0 Å². The molecule has 4 rings (SSSR count). The summed E-state index contributed by atoms with van der Waals surface area (Å²) in [6, 6.07) is 7.05. The van der Waals surface area contributed by atoms with E-state index in [1.807, 2.05) is 44.2 Å². The Morgan fingerprint density at radius 3 is 2.58 bits per heavy atom. The number of nitrogens with zero attached hydrogens (tertiary/aromatic N) is 2. The summed E-state index contributed by atoms with van der Waals surface area (Å²) in [6.07, 6.45) is 5.77. The van der Waals surface area contributed by atoms with E-state index in [-0.39, 0.29) is 30.7 Å². The number of allylic oxidation sites excluding steroid dienone is 1. The molecule has 10 heteroatoms. The van der Waals surface area contributed by atoms with Gasteiger partial charge in [-0.3, -0.25) is 19.2 Å². The van der Waals surface area contributed by atoms with Crippen molar-refractivity contribution in [2.45, 2.75) is 102 Å². The zero-order valence-electron chi connectivity index (χ0n) is 26.9. The van der Waals surface area contributed by atoms with Crippen LogP contribution in [0.5, 0.6) is 0 Å². The average molecular weight is 624 g/mol. The molecule has 3 saturated heterocycles. The highest BCUT2D eigenvalue weighted by atomic mass is 16.6. The van der Waals surface area contributed by atoms with Crippen molar-refractivity contribution in [2.75, 3.05) is 19.7 Å². The van der Waals surface area contributed by atoms with Crippen LogP contribution in [0.3, 0.4) is 0 Å². The number of unbranched alkanes of at least 4 members (excludes halogenated alkanes) is 1. The summed E-state index contributed by atoms with van der Waals surface area (Å²) in [4.78, 5) is 58.6. The molecule has 1 aromatic carbocycles. The van der Waals surface area contributed by atoms with E-state index in [1.54, 1.807) is 24.0 Å². The third kappa shape index (κ3) is 6.72. The van der Waals surface area contributed by atoms with Crippen molar-refractivity contribution < 1.29 is 33.8 Å². The predicted octanol–water partition coefficient (Wildman–Crippen LogP) is 3.70. The molecule has 3 amide bonds. The van der Waals surface area contributed by atoms with Crippen molar-refractivity contribution in [3.63, 3.8) is 0 Å². The van der Waals surface area contributed by atoms with E-state index >= 15 is 0 Å². The molecule has 3 heterocycles. The van der Waals surface area contributed by atoms with E-state index in [4.69, 9.17) is 9.47 Å². The maximum Gasteiger partial charge on any atom is 0.313 e. The number of aliphatic hydroxyl groups is 1. The van der Waals surface area contributed by atoms with Gasteiger partial charge in [-0.1, -0.05) is 62.8 Å². The lowest BCUT2D eigenvalue weighted by molar-refractivity contribution is -0.162. The Morgan fingerprint density at radius 1 is 1.22 bits per heavy atom. The highest BCUT2D eigenvalue weighted by Crippen LogP contribution is 2.59. The lowest BCUT2D eigenvalue weighted by Crippen LogP contribution is -2.58. The largest absolute Gasteiger partial charge is 0.455 e. The Morgan fingerprint density at radius 2 is 1.96 bits per heavy atom. The summed E-state index contributed by atoms with van der Waals surface area (Å²) in [6.45, 7) is 13.7. The van der Waals surface area contributed by atoms with Crippen LogP contribution in [0.2, 0.25) is 0 Å². The third-order valence-corrected chi connectivity index (χ3v) is 9.55. The van der Waals surface area contributed by atoms with Crippen LogP contribution in [0.15, 0.2) is 55.6 Å². The van der Waals surface area contributed by atoms with Crippen LogP contribution in [0.1, 0.15) is 77.4 Å². The molecule has 10 nitrogen and oxygen atoms in total. The number of benzene rings is 1. The zero-order valence-corrected chi connectivity index (χ0v) is 26.9. The summed E-state index contributed by atoms with van der Waals surface area (Å²) in [5.41, 5.74) is -0.500. The first-order valence-corrected chi connectivity index (χ1v) is 16.3. The summed E-state index contributed by atoms with van der Waals surface area (Å²) in [5.74, 6) is -3.26. The molecule has 3 fully saturated rings. The summed E-state index contributed by atoms with van der Waals surface area (Å²) >= 11 is 0. The highest BCUT2D eigenvalue weighted by molar-refractivity contribution is 5.98. The van der Waals surface area contributed by atoms with Gasteiger partial charge in [0.05, 0.1) is 36.6 Å². The fourth-order valence-electron chi connectivity index (χ4n) is 7.35. The molecule has 3 aliphatic rings. The lowest BCUT2D eigenvalue weighted by atomic mass is 9.70. The molecule has 1 spiro atoms. The molecule has 3 aliphatic heterocycles. The van der Waals surface area contributed by atoms with E-state index < -0.39 is 53.7 Å². The minimum Gasteiger partial charge on any atom is -0.455 e. The molecule has 8 atom stereocenters. The second-order valence-corrected chi connectivity index (χ2v) is 12.4. The Hall–Kier alpha value is -3.50. The molecule has 0 unspecified atom stereocenters. The molecule has 0 radical (unpaired) electrons. The van der Waals surface area contributed by atoms with Gasteiger partial charge >= 0.3 is 5.97 Å². The maximum atomic E-state index is 14.4. The molecule has 2 N–H and O–H groups in total. The van der Waals surface area contributed by atoms with E-state index in [0.29, 0.717) is 44.3 Å². The first kappa shape index (κ1) is 34.4. The molecule has 45 heavy (non-hydrogen) atoms. The Labute approximate surface area is 266 Å². The van der Waals surface area contributed by atoms with Crippen molar-refractivity contribution in [1.29, 1.82) is 0 Å². The summed E-state index contributed by atoms with van der Waals surface area (Å²) in [5, 5.41) is 13.3. The number of likely N-dealkylation sites (tertiary alicyclic amines) is 1. The molecule has 1 aromatic rings. The number of ether oxygens (including phenoxy) is 2. The van der Waals surface area contributed by atoms with Gasteiger partial charge in [-0.05, 0) is 44.6 Å². The van der Waals surface area contributed by atoms with Crippen molar-refractivity contribution >= 4 is 23.7 Å². The fraction of sp³-hybridized carbons (Fsp3) is 0.600. The van der Waals surface area contributed by atoms with Gasteiger partial charge in [-0.2, -0.15) is 0 Å². The Balaban J connectivity index is 1.67. The monoisotopic (exact) mass is 623 g/mol. The fourth-order valence-corrected chi connectivity index (χ4v) is 7.35. The number of hydrogen-bond donors (Lipinski definition) is 2. The second kappa shape index (κ2) is 15.2. The van der Waals surface area contributed by atoms with Crippen LogP contribution in [0.4, 0.5) is 0 Å². The quantitative estimate of drug-likeness (QED) is 0.200. The van der Waals surface area contributed by atoms with Crippen molar-refractivity contribution in [3.8, 4) is 0 Å². The van der Waals surface area contributed by atoms with Gasteiger partial charge in [0, 0.05) is 19.5 Å². The van der Waals surface area contributed by atoms with E-state index in [2.05, 4.69) is 18.5 Å². The first-order valence-electron chi connectivity index (χ1n) is 16.3. The standard InChI is InChI=1S/C35H49N3O7/c1-6-10-17-27(40)36-23(5)30(24-15-13-12-14-16-24)44-34(43)28-26-18-19-35(45-26)29(28)32(41)38(25(9-4)22-39)31(35)33(42)37(20-8-3)21-11-7-2/h6,8,12-16,23,25-26,28-31,39H,1,3,7,9-11,17-22H2,2,4-5H3,(H,36,40)/t23-,25+,26-,28+,29+,30-,31-,35+/m1/s1. The van der Waals surface area contributed by atoms with Crippen molar-refractivity contribution in [3.05, 3.63) is 61.2 Å². The lowest BCUT2D eigenvalue weighted by Gasteiger charge is -2.39. The van der Waals surface area contributed by atoms with Gasteiger partial charge in [0.1, 0.15) is 17.7 Å². The van der Waals surface area contributed by atoms with Gasteiger partial charge < -0.3 is 29.7 Å². The Kier molecular flexibility index (Phi) is 11.6. The van der Waals surface area contributed by atoms with Crippen molar-refractivity contribution in [2.24, 2.45) is 11.8 Å². The van der Waals surface area contributed by atoms with Crippen LogP contribution < -0.4 is 5.32 Å². The topological polar surface area (TPSA) is 125 Å². The van der Waals surface area contributed by atoms with E-state index in [1.165, 1.54) is 4.90 Å². The molecular weight excluding hydrogens is 574 g/mol. The zero-order chi connectivity index (χ0) is 32.7.